The summed E-state index contributed by atoms with van der Waals surface area (Å²) < 4.78 is 0. The van der Waals surface area contributed by atoms with Gasteiger partial charge in [-0.25, -0.2) is 0 Å². The lowest BCUT2D eigenvalue weighted by atomic mass is 9.99. The lowest BCUT2D eigenvalue weighted by molar-refractivity contribution is 0.208. The van der Waals surface area contributed by atoms with Crippen LogP contribution in [0.15, 0.2) is 77.0 Å². The van der Waals surface area contributed by atoms with Gasteiger partial charge in [0.25, 0.3) is 0 Å². The van der Waals surface area contributed by atoms with Crippen LogP contribution in [0.2, 0.25) is 0 Å². The van der Waals surface area contributed by atoms with Crippen molar-refractivity contribution in [1.29, 1.82) is 0 Å². The predicted molar refractivity (Wildman–Crippen MR) is 130 cm³/mol. The number of fused-ring (bicyclic) bond motifs is 1. The molecule has 4 rings (SSSR count). The number of nitrogens with zero attached hydrogens (tertiary/aromatic N) is 5. The first-order chi connectivity index (χ1) is 15.5. The van der Waals surface area contributed by atoms with Gasteiger partial charge in [-0.2, -0.15) is 20.1 Å². The molecule has 0 aliphatic carbocycles. The Hall–Kier alpha value is -3.51. The Labute approximate surface area is 188 Å². The van der Waals surface area contributed by atoms with Gasteiger partial charge in [0.1, 0.15) is 11.8 Å². The number of benzene rings is 3. The summed E-state index contributed by atoms with van der Waals surface area (Å²) in [6.07, 6.45) is -0.910. The van der Waals surface area contributed by atoms with E-state index in [9.17, 15) is 5.11 Å². The van der Waals surface area contributed by atoms with E-state index in [-0.39, 0.29) is 0 Å². The second kappa shape index (κ2) is 9.32. The Morgan fingerprint density at radius 3 is 2.31 bits per heavy atom. The van der Waals surface area contributed by atoms with Gasteiger partial charge in [0, 0.05) is 24.0 Å². The number of hydrogen-bond acceptors (Lipinski definition) is 5. The van der Waals surface area contributed by atoms with Gasteiger partial charge >= 0.3 is 0 Å². The molecular formula is C26H29N5O. The molecule has 0 saturated heterocycles. The molecule has 32 heavy (non-hydrogen) atoms. The molecule has 1 aromatic heterocycles. The van der Waals surface area contributed by atoms with Gasteiger partial charge in [0.2, 0.25) is 0 Å². The van der Waals surface area contributed by atoms with Crippen LogP contribution >= 0.6 is 0 Å². The Morgan fingerprint density at radius 1 is 0.906 bits per heavy atom. The van der Waals surface area contributed by atoms with E-state index in [0.717, 1.165) is 46.5 Å². The van der Waals surface area contributed by atoms with Gasteiger partial charge < -0.3 is 5.11 Å². The van der Waals surface area contributed by atoms with Gasteiger partial charge in [-0.15, -0.1) is 0 Å². The fourth-order valence-electron chi connectivity index (χ4n) is 3.91. The molecule has 1 unspecified atom stereocenters. The highest BCUT2D eigenvalue weighted by Crippen LogP contribution is 2.36. The van der Waals surface area contributed by atoms with Gasteiger partial charge in [0.05, 0.1) is 16.9 Å². The van der Waals surface area contributed by atoms with Crippen molar-refractivity contribution in [3.63, 3.8) is 0 Å². The quantitative estimate of drug-likeness (QED) is 0.361. The molecule has 0 aliphatic heterocycles. The van der Waals surface area contributed by atoms with E-state index in [1.165, 1.54) is 0 Å². The van der Waals surface area contributed by atoms with Crippen LogP contribution in [0.3, 0.4) is 0 Å². The highest BCUT2D eigenvalue weighted by Gasteiger charge is 2.25. The zero-order chi connectivity index (χ0) is 22.7. The summed E-state index contributed by atoms with van der Waals surface area (Å²) in [5.74, 6) is 0. The molecule has 3 aromatic carbocycles. The third kappa shape index (κ3) is 4.27. The van der Waals surface area contributed by atoms with Gasteiger partial charge in [-0.1, -0.05) is 47.5 Å². The van der Waals surface area contributed by atoms with Gasteiger partial charge in [-0.3, -0.25) is 5.01 Å². The number of rotatable bonds is 7. The predicted octanol–water partition coefficient (Wildman–Crippen LogP) is 6.13. The fourth-order valence-corrected chi connectivity index (χ4v) is 3.91. The van der Waals surface area contributed by atoms with E-state index in [2.05, 4.69) is 42.1 Å². The smallest absolute Gasteiger partial charge is 0.126 e. The summed E-state index contributed by atoms with van der Waals surface area (Å²) in [6, 6.07) is 21.6. The highest BCUT2D eigenvalue weighted by molar-refractivity contribution is 5.83. The molecule has 0 spiro atoms. The standard InChI is InChI=1S/C26H29N5O/c1-5-30(6-2)31-25(21-16-18(3)13-15-24(21)29-31)26(32)22-17-19(4)12-14-23(22)28-27-20-10-8-7-9-11-20/h7-17,26,32H,5-6H2,1-4H3. The molecule has 6 heteroatoms. The van der Waals surface area contributed by atoms with Crippen molar-refractivity contribution in [3.8, 4) is 0 Å². The fraction of sp³-hybridized carbons (Fsp3) is 0.269. The number of aromatic nitrogens is 2. The van der Waals surface area contributed by atoms with E-state index in [1.54, 1.807) is 0 Å². The van der Waals surface area contributed by atoms with Crippen LogP contribution < -0.4 is 5.01 Å². The minimum Gasteiger partial charge on any atom is -0.382 e. The minimum absolute atomic E-state index is 0.639. The Kier molecular flexibility index (Phi) is 6.32. The minimum atomic E-state index is -0.910. The summed E-state index contributed by atoms with van der Waals surface area (Å²) in [4.78, 5) is 1.86. The Balaban J connectivity index is 1.87. The number of aliphatic hydroxyl groups is 1. The van der Waals surface area contributed by atoms with Crippen molar-refractivity contribution in [1.82, 2.24) is 9.89 Å². The van der Waals surface area contributed by atoms with Gasteiger partial charge in [0.15, 0.2) is 0 Å². The highest BCUT2D eigenvalue weighted by atomic mass is 16.3. The van der Waals surface area contributed by atoms with Crippen molar-refractivity contribution in [2.45, 2.75) is 33.8 Å². The zero-order valence-electron chi connectivity index (χ0n) is 19.0. The zero-order valence-corrected chi connectivity index (χ0v) is 19.0. The molecule has 1 heterocycles. The first-order valence-corrected chi connectivity index (χ1v) is 11.0. The van der Waals surface area contributed by atoms with Crippen molar-refractivity contribution in [2.24, 2.45) is 10.2 Å². The molecule has 0 aliphatic rings. The molecule has 1 atom stereocenters. The Bertz CT molecular complexity index is 1240. The molecule has 0 fully saturated rings. The molecule has 4 aromatic rings. The monoisotopic (exact) mass is 427 g/mol. The van der Waals surface area contributed by atoms with E-state index >= 15 is 0 Å². The van der Waals surface area contributed by atoms with E-state index in [4.69, 9.17) is 5.10 Å². The van der Waals surface area contributed by atoms with Crippen LogP contribution in [0.1, 0.15) is 42.3 Å². The summed E-state index contributed by atoms with van der Waals surface area (Å²) in [6.45, 7) is 9.79. The van der Waals surface area contributed by atoms with Crippen LogP contribution in [0.25, 0.3) is 10.9 Å². The first kappa shape index (κ1) is 21.7. The third-order valence-electron chi connectivity index (χ3n) is 5.61. The molecule has 0 radical (unpaired) electrons. The molecule has 0 bridgehead atoms. The van der Waals surface area contributed by atoms with Crippen molar-refractivity contribution < 1.29 is 5.11 Å². The number of aliphatic hydroxyl groups excluding tert-OH is 1. The molecule has 0 saturated carbocycles. The largest absolute Gasteiger partial charge is 0.382 e. The molecule has 1 N–H and O–H groups in total. The van der Waals surface area contributed by atoms with E-state index < -0.39 is 6.10 Å². The second-order valence-electron chi connectivity index (χ2n) is 7.93. The van der Waals surface area contributed by atoms with E-state index in [0.29, 0.717) is 11.3 Å². The maximum atomic E-state index is 11.7. The van der Waals surface area contributed by atoms with Crippen LogP contribution in [0.5, 0.6) is 0 Å². The van der Waals surface area contributed by atoms with Crippen LogP contribution in [0.4, 0.5) is 11.4 Å². The van der Waals surface area contributed by atoms with Gasteiger partial charge in [-0.05, 0) is 58.0 Å². The lowest BCUT2D eigenvalue weighted by Crippen LogP contribution is -2.37. The number of aryl methyl sites for hydroxylation is 2. The SMILES string of the molecule is CCN(CC)n1nc2ccc(C)cc2c1C(O)c1cc(C)ccc1N=Nc1ccccc1. The maximum Gasteiger partial charge on any atom is 0.126 e. The van der Waals surface area contributed by atoms with E-state index in [1.807, 2.05) is 72.4 Å². The number of azo groups is 1. The third-order valence-corrected chi connectivity index (χ3v) is 5.61. The van der Waals surface area contributed by atoms with Crippen molar-refractivity contribution >= 4 is 22.3 Å². The van der Waals surface area contributed by atoms with Crippen LogP contribution in [-0.2, 0) is 0 Å². The molecular weight excluding hydrogens is 398 g/mol. The van der Waals surface area contributed by atoms with Crippen molar-refractivity contribution in [3.05, 3.63) is 89.1 Å². The molecule has 164 valence electrons. The summed E-state index contributed by atoms with van der Waals surface area (Å²) >= 11 is 0. The second-order valence-corrected chi connectivity index (χ2v) is 7.93. The molecule has 6 nitrogen and oxygen atoms in total. The molecule has 0 amide bonds. The average molecular weight is 428 g/mol. The van der Waals surface area contributed by atoms with Crippen molar-refractivity contribution in [2.75, 3.05) is 18.1 Å². The average Bonchev–Trinajstić information content (AvgIpc) is 3.17. The van der Waals surface area contributed by atoms with Crippen LogP contribution in [0, 0.1) is 13.8 Å². The maximum absolute atomic E-state index is 11.7. The number of hydrogen-bond donors (Lipinski definition) is 1. The lowest BCUT2D eigenvalue weighted by Gasteiger charge is -2.25. The normalized spacial score (nSPS) is 12.5. The summed E-state index contributed by atoms with van der Waals surface area (Å²) in [5, 5.41) is 28.4. The summed E-state index contributed by atoms with van der Waals surface area (Å²) in [7, 11) is 0. The topological polar surface area (TPSA) is 66.0 Å². The van der Waals surface area contributed by atoms with Crippen LogP contribution in [-0.4, -0.2) is 28.1 Å². The Morgan fingerprint density at radius 2 is 1.59 bits per heavy atom. The first-order valence-electron chi connectivity index (χ1n) is 11.0. The summed E-state index contributed by atoms with van der Waals surface area (Å²) in [5.41, 5.74) is 5.89.